The first kappa shape index (κ1) is 17.9. The van der Waals surface area contributed by atoms with Crippen LogP contribution in [0.15, 0.2) is 9.13 Å². The van der Waals surface area contributed by atoms with Crippen LogP contribution in [0.1, 0.15) is 46.7 Å². The molecule has 0 bridgehead atoms. The molecule has 126 valence electrons. The molecule has 2 heterocycles. The average molecular weight is 355 g/mol. The molecule has 2 aromatic rings. The maximum Gasteiger partial charge on any atom is 0.297 e. The highest BCUT2D eigenvalue weighted by Crippen LogP contribution is 2.23. The zero-order valence-corrected chi connectivity index (χ0v) is 15.5. The molecule has 0 aliphatic rings. The van der Waals surface area contributed by atoms with Crippen LogP contribution in [0.5, 0.6) is 0 Å². The van der Waals surface area contributed by atoms with Gasteiger partial charge >= 0.3 is 0 Å². The molecule has 0 radical (unpaired) electrons. The average Bonchev–Trinajstić information content (AvgIpc) is 2.88. The molecule has 0 aliphatic carbocycles. The van der Waals surface area contributed by atoms with E-state index in [1.165, 1.54) is 27.6 Å². The molecule has 0 saturated heterocycles. The lowest BCUT2D eigenvalue weighted by atomic mass is 9.93. The van der Waals surface area contributed by atoms with Gasteiger partial charge in [-0.25, -0.2) is 0 Å². The summed E-state index contributed by atoms with van der Waals surface area (Å²) in [5.41, 5.74) is -0.265. The van der Waals surface area contributed by atoms with Crippen molar-refractivity contribution in [2.45, 2.75) is 56.8 Å². The normalized spacial score (nSPS) is 13.3. The molecule has 0 unspecified atom stereocenters. The molecule has 0 aliphatic heterocycles. The first-order chi connectivity index (χ1) is 10.7. The number of nitrogens with zero attached hydrogens (tertiary/aromatic N) is 4. The Kier molecular flexibility index (Phi) is 5.41. The minimum Gasteiger partial charge on any atom is -0.353 e. The lowest BCUT2D eigenvalue weighted by Gasteiger charge is -2.14. The van der Waals surface area contributed by atoms with Gasteiger partial charge in [0, 0.05) is 11.5 Å². The second-order valence-electron chi connectivity index (χ2n) is 6.33. The fourth-order valence-electron chi connectivity index (χ4n) is 1.77. The standard InChI is InChI=1S/C14H21N5O2S2/c1-6-8(2)15-9(20)7-22-13-18-19-11(21)10(14(3,4)5)16-17-12(19)23-13/h8H,6-7H2,1-5H3,(H,15,20)/t8-/m1/s1. The van der Waals surface area contributed by atoms with Crippen molar-refractivity contribution < 1.29 is 4.79 Å². The summed E-state index contributed by atoms with van der Waals surface area (Å²) in [6.07, 6.45) is 0.887. The van der Waals surface area contributed by atoms with Crippen LogP contribution in [-0.4, -0.2) is 37.5 Å². The number of rotatable bonds is 5. The summed E-state index contributed by atoms with van der Waals surface area (Å²) in [7, 11) is 0. The lowest BCUT2D eigenvalue weighted by molar-refractivity contribution is -0.119. The van der Waals surface area contributed by atoms with Crippen LogP contribution >= 0.6 is 23.1 Å². The van der Waals surface area contributed by atoms with Gasteiger partial charge in [0.1, 0.15) is 5.69 Å². The zero-order chi connectivity index (χ0) is 17.2. The van der Waals surface area contributed by atoms with Crippen LogP contribution in [0, 0.1) is 0 Å². The van der Waals surface area contributed by atoms with E-state index in [2.05, 4.69) is 20.6 Å². The molecule has 1 amide bonds. The summed E-state index contributed by atoms with van der Waals surface area (Å²) in [4.78, 5) is 24.7. The van der Waals surface area contributed by atoms with Gasteiger partial charge in [-0.2, -0.15) is 4.52 Å². The maximum absolute atomic E-state index is 12.4. The Hall–Kier alpha value is -1.48. The summed E-state index contributed by atoms with van der Waals surface area (Å²) in [5, 5.41) is 15.3. The van der Waals surface area contributed by atoms with Crippen molar-refractivity contribution in [3.8, 4) is 0 Å². The highest BCUT2D eigenvalue weighted by atomic mass is 32.2. The van der Waals surface area contributed by atoms with Gasteiger partial charge in [0.15, 0.2) is 4.34 Å². The van der Waals surface area contributed by atoms with Crippen molar-refractivity contribution in [3.63, 3.8) is 0 Å². The monoisotopic (exact) mass is 355 g/mol. The van der Waals surface area contributed by atoms with E-state index in [-0.39, 0.29) is 23.3 Å². The molecule has 7 nitrogen and oxygen atoms in total. The van der Waals surface area contributed by atoms with Crippen molar-refractivity contribution in [2.75, 3.05) is 5.75 Å². The van der Waals surface area contributed by atoms with Gasteiger partial charge in [-0.05, 0) is 13.3 Å². The molecule has 23 heavy (non-hydrogen) atoms. The summed E-state index contributed by atoms with van der Waals surface area (Å²) in [6.45, 7) is 9.71. The Morgan fingerprint density at radius 2 is 2.09 bits per heavy atom. The van der Waals surface area contributed by atoms with Crippen molar-refractivity contribution in [1.82, 2.24) is 25.1 Å². The molecule has 0 fully saturated rings. The van der Waals surface area contributed by atoms with Crippen molar-refractivity contribution in [3.05, 3.63) is 16.0 Å². The van der Waals surface area contributed by atoms with Gasteiger partial charge in [-0.3, -0.25) is 9.59 Å². The second kappa shape index (κ2) is 6.96. The molecule has 9 heteroatoms. The van der Waals surface area contributed by atoms with Crippen molar-refractivity contribution >= 4 is 34.0 Å². The van der Waals surface area contributed by atoms with Crippen LogP contribution in [0.3, 0.4) is 0 Å². The Balaban J connectivity index is 2.17. The molecule has 2 rings (SSSR count). The van der Waals surface area contributed by atoms with E-state index >= 15 is 0 Å². The van der Waals surface area contributed by atoms with E-state index in [4.69, 9.17) is 0 Å². The second-order valence-corrected chi connectivity index (χ2v) is 8.51. The van der Waals surface area contributed by atoms with E-state index in [1.54, 1.807) is 0 Å². The van der Waals surface area contributed by atoms with E-state index in [1.807, 2.05) is 34.6 Å². The van der Waals surface area contributed by atoms with Crippen molar-refractivity contribution in [2.24, 2.45) is 0 Å². The smallest absolute Gasteiger partial charge is 0.297 e. The third kappa shape index (κ3) is 4.29. The first-order valence-electron chi connectivity index (χ1n) is 7.41. The summed E-state index contributed by atoms with van der Waals surface area (Å²) in [6, 6.07) is 0.154. The number of carbonyl (C=O) groups is 1. The number of nitrogens with one attached hydrogen (secondary N) is 1. The van der Waals surface area contributed by atoms with Crippen LogP contribution in [0.4, 0.5) is 0 Å². The Morgan fingerprint density at radius 3 is 2.70 bits per heavy atom. The predicted octanol–water partition coefficient (Wildman–Crippen LogP) is 1.85. The third-order valence-corrected chi connectivity index (χ3v) is 5.26. The van der Waals surface area contributed by atoms with E-state index < -0.39 is 5.41 Å². The topological polar surface area (TPSA) is 89.3 Å². The highest BCUT2D eigenvalue weighted by Gasteiger charge is 2.23. The van der Waals surface area contributed by atoms with Crippen LogP contribution in [-0.2, 0) is 10.2 Å². The number of hydrogen-bond donors (Lipinski definition) is 1. The van der Waals surface area contributed by atoms with E-state index in [9.17, 15) is 9.59 Å². The van der Waals surface area contributed by atoms with Crippen LogP contribution < -0.4 is 10.9 Å². The summed E-state index contributed by atoms with van der Waals surface area (Å²) >= 11 is 2.56. The van der Waals surface area contributed by atoms with Gasteiger partial charge in [0.25, 0.3) is 5.56 Å². The van der Waals surface area contributed by atoms with Crippen LogP contribution in [0.25, 0.3) is 4.96 Å². The largest absolute Gasteiger partial charge is 0.353 e. The number of aromatic nitrogens is 4. The lowest BCUT2D eigenvalue weighted by Crippen LogP contribution is -2.33. The zero-order valence-electron chi connectivity index (χ0n) is 13.9. The van der Waals surface area contributed by atoms with Gasteiger partial charge in [-0.1, -0.05) is 50.8 Å². The third-order valence-electron chi connectivity index (χ3n) is 3.23. The number of thioether (sulfide) groups is 1. The molecule has 1 atom stereocenters. The van der Waals surface area contributed by atoms with Crippen molar-refractivity contribution in [1.29, 1.82) is 0 Å². The van der Waals surface area contributed by atoms with Gasteiger partial charge in [0.2, 0.25) is 10.9 Å². The van der Waals surface area contributed by atoms with E-state index in [0.717, 1.165) is 6.42 Å². The molecule has 0 saturated carbocycles. The highest BCUT2D eigenvalue weighted by molar-refractivity contribution is 8.01. The fourth-order valence-corrected chi connectivity index (χ4v) is 3.46. The van der Waals surface area contributed by atoms with Gasteiger partial charge < -0.3 is 5.32 Å². The predicted molar refractivity (Wildman–Crippen MR) is 92.2 cm³/mol. The molecule has 2 aromatic heterocycles. The van der Waals surface area contributed by atoms with Gasteiger partial charge in [0.05, 0.1) is 5.75 Å². The first-order valence-corrected chi connectivity index (χ1v) is 9.21. The summed E-state index contributed by atoms with van der Waals surface area (Å²) in [5.74, 6) is 0.218. The maximum atomic E-state index is 12.4. The molecule has 1 N–H and O–H groups in total. The quantitative estimate of drug-likeness (QED) is 0.823. The number of carbonyl (C=O) groups excluding carboxylic acids is 1. The van der Waals surface area contributed by atoms with E-state index in [0.29, 0.717) is 15.0 Å². The Morgan fingerprint density at radius 1 is 1.39 bits per heavy atom. The Bertz CT molecular complexity index is 763. The molecule has 0 aromatic carbocycles. The van der Waals surface area contributed by atoms with Crippen LogP contribution in [0.2, 0.25) is 0 Å². The minimum atomic E-state index is -0.391. The Labute approximate surface area is 142 Å². The number of amides is 1. The molecule has 0 spiro atoms. The minimum absolute atomic E-state index is 0.0441. The SMILES string of the molecule is CC[C@@H](C)NC(=O)CSc1nn2c(=O)c(C(C)(C)C)nnc2s1. The molecular weight excluding hydrogens is 334 g/mol. The summed E-state index contributed by atoms with van der Waals surface area (Å²) < 4.78 is 1.90. The number of hydrogen-bond acceptors (Lipinski definition) is 7. The molecular formula is C14H21N5O2S2. The number of fused-ring (bicyclic) bond motifs is 1. The van der Waals surface area contributed by atoms with Gasteiger partial charge in [-0.15, -0.1) is 15.3 Å². The fraction of sp³-hybridized carbons (Fsp3) is 0.643.